The van der Waals surface area contributed by atoms with Gasteiger partial charge in [-0.3, -0.25) is 9.59 Å². The van der Waals surface area contributed by atoms with Crippen LogP contribution in [0.3, 0.4) is 0 Å². The van der Waals surface area contributed by atoms with Gasteiger partial charge in [0.25, 0.3) is 11.5 Å². The van der Waals surface area contributed by atoms with Crippen molar-refractivity contribution in [2.75, 3.05) is 40.3 Å². The molecule has 0 aliphatic carbocycles. The maximum absolute atomic E-state index is 12.9. The van der Waals surface area contributed by atoms with Gasteiger partial charge < -0.3 is 14.5 Å². The van der Waals surface area contributed by atoms with Gasteiger partial charge in [0.15, 0.2) is 11.4 Å². The van der Waals surface area contributed by atoms with Gasteiger partial charge in [-0.1, -0.05) is 18.2 Å². The Labute approximate surface area is 146 Å². The summed E-state index contributed by atoms with van der Waals surface area (Å²) in [6.07, 6.45) is 0. The number of hydrogen-bond donors (Lipinski definition) is 1. The monoisotopic (exact) mass is 343 g/mol. The van der Waals surface area contributed by atoms with Crippen molar-refractivity contribution in [3.05, 3.63) is 51.9 Å². The van der Waals surface area contributed by atoms with E-state index in [2.05, 4.69) is 12.1 Å². The van der Waals surface area contributed by atoms with E-state index in [0.29, 0.717) is 18.8 Å². The molecule has 1 aromatic carbocycles. The van der Waals surface area contributed by atoms with Crippen molar-refractivity contribution in [3.63, 3.8) is 0 Å². The molecule has 7 nitrogen and oxygen atoms in total. The number of methoxy groups -OCH3 is 1. The van der Waals surface area contributed by atoms with E-state index in [9.17, 15) is 9.59 Å². The number of nitrogens with zero attached hydrogens (tertiary/aromatic N) is 3. The zero-order valence-electron chi connectivity index (χ0n) is 14.8. The third-order valence-electron chi connectivity index (χ3n) is 4.57. The number of aryl methyl sites for hydroxylation is 1. The lowest BCUT2D eigenvalue weighted by Crippen LogP contribution is -3.12. The van der Waals surface area contributed by atoms with Gasteiger partial charge in [-0.2, -0.15) is 9.78 Å². The smallest absolute Gasteiger partial charge is 0.278 e. The van der Waals surface area contributed by atoms with Crippen LogP contribution < -0.4 is 15.2 Å². The van der Waals surface area contributed by atoms with Crippen LogP contribution in [0.1, 0.15) is 16.1 Å². The van der Waals surface area contributed by atoms with Crippen molar-refractivity contribution in [2.24, 2.45) is 0 Å². The largest absolute Gasteiger partial charge is 0.494 e. The van der Waals surface area contributed by atoms with E-state index in [1.807, 2.05) is 31.2 Å². The Bertz CT molecular complexity index is 838. The number of amides is 1. The summed E-state index contributed by atoms with van der Waals surface area (Å²) in [5.74, 6) is 0.0118. The van der Waals surface area contributed by atoms with Crippen molar-refractivity contribution >= 4 is 5.91 Å². The minimum Gasteiger partial charge on any atom is -0.494 e. The Morgan fingerprint density at radius 3 is 2.56 bits per heavy atom. The molecule has 1 aliphatic heterocycles. The highest BCUT2D eigenvalue weighted by molar-refractivity contribution is 5.94. The lowest BCUT2D eigenvalue weighted by atomic mass is 10.2. The summed E-state index contributed by atoms with van der Waals surface area (Å²) in [4.78, 5) is 28.5. The predicted molar refractivity (Wildman–Crippen MR) is 93.6 cm³/mol. The van der Waals surface area contributed by atoms with E-state index in [-0.39, 0.29) is 22.9 Å². The van der Waals surface area contributed by atoms with Crippen LogP contribution in [-0.2, 0) is 0 Å². The van der Waals surface area contributed by atoms with Gasteiger partial charge in [0.05, 0.1) is 52.1 Å². The fourth-order valence-electron chi connectivity index (χ4n) is 2.96. The molecule has 1 saturated heterocycles. The van der Waals surface area contributed by atoms with Crippen molar-refractivity contribution in [2.45, 2.75) is 6.92 Å². The molecule has 0 unspecified atom stereocenters. The number of likely N-dealkylation sites (N-methyl/N-ethyl adjacent to an activating group) is 1. The van der Waals surface area contributed by atoms with Crippen molar-refractivity contribution in [1.82, 2.24) is 14.7 Å². The van der Waals surface area contributed by atoms with Gasteiger partial charge in [0.2, 0.25) is 0 Å². The molecule has 1 N–H and O–H groups in total. The summed E-state index contributed by atoms with van der Waals surface area (Å²) in [6, 6.07) is 8.77. The second-order valence-electron chi connectivity index (χ2n) is 6.35. The highest BCUT2D eigenvalue weighted by atomic mass is 16.5. The topological polar surface area (TPSA) is 68.9 Å². The van der Waals surface area contributed by atoms with Crippen LogP contribution in [0, 0.1) is 6.92 Å². The molecule has 0 atom stereocenters. The number of hydrogen-bond acceptors (Lipinski definition) is 4. The van der Waals surface area contributed by atoms with E-state index in [1.165, 1.54) is 22.8 Å². The van der Waals surface area contributed by atoms with Gasteiger partial charge >= 0.3 is 0 Å². The predicted octanol–water partition coefficient (Wildman–Crippen LogP) is -0.480. The van der Waals surface area contributed by atoms with Crippen LogP contribution in [0.2, 0.25) is 0 Å². The molecular weight excluding hydrogens is 320 g/mol. The number of para-hydroxylation sites is 1. The van der Waals surface area contributed by atoms with Crippen molar-refractivity contribution in [3.8, 4) is 11.4 Å². The maximum atomic E-state index is 12.9. The first-order chi connectivity index (χ1) is 12.0. The van der Waals surface area contributed by atoms with E-state index in [0.717, 1.165) is 18.7 Å². The number of carbonyl (C=O) groups is 1. The lowest BCUT2D eigenvalue weighted by Gasteiger charge is -2.30. The lowest BCUT2D eigenvalue weighted by molar-refractivity contribution is -0.883. The molecule has 7 heteroatoms. The van der Waals surface area contributed by atoms with E-state index in [1.54, 1.807) is 4.90 Å². The van der Waals surface area contributed by atoms with Crippen LogP contribution in [-0.4, -0.2) is 60.9 Å². The first-order valence-electron chi connectivity index (χ1n) is 8.36. The van der Waals surface area contributed by atoms with E-state index < -0.39 is 0 Å². The molecule has 0 saturated carbocycles. The zero-order chi connectivity index (χ0) is 18.0. The van der Waals surface area contributed by atoms with Crippen LogP contribution in [0.4, 0.5) is 0 Å². The highest BCUT2D eigenvalue weighted by Gasteiger charge is 2.27. The standard InChI is InChI=1S/C18H22N4O3/c1-13-6-4-5-7-14(13)22-16(23)12-15(25-3)17(19-22)18(24)21-10-8-20(2)9-11-21/h4-7,12H,8-11H2,1-3H3/p+1. The minimum atomic E-state index is -0.328. The number of quaternary nitrogens is 1. The summed E-state index contributed by atoms with van der Waals surface area (Å²) in [5.41, 5.74) is 1.41. The second-order valence-corrected chi connectivity index (χ2v) is 6.35. The van der Waals surface area contributed by atoms with E-state index >= 15 is 0 Å². The molecule has 132 valence electrons. The Balaban J connectivity index is 2.04. The Kier molecular flexibility index (Phi) is 4.85. The summed E-state index contributed by atoms with van der Waals surface area (Å²) < 4.78 is 6.52. The minimum absolute atomic E-state index is 0.171. The Hall–Kier alpha value is -2.67. The molecular formula is C18H23N4O3+. The molecule has 2 heterocycles. The maximum Gasteiger partial charge on any atom is 0.278 e. The molecule has 25 heavy (non-hydrogen) atoms. The highest BCUT2D eigenvalue weighted by Crippen LogP contribution is 2.18. The molecule has 1 aliphatic rings. The number of piperazine rings is 1. The van der Waals surface area contributed by atoms with Crippen LogP contribution in [0.15, 0.2) is 35.1 Å². The van der Waals surface area contributed by atoms with Gasteiger partial charge in [0.1, 0.15) is 0 Å². The quantitative estimate of drug-likeness (QED) is 0.817. The average Bonchev–Trinajstić information content (AvgIpc) is 2.62. The normalized spacial score (nSPS) is 15.2. The molecule has 3 rings (SSSR count). The third-order valence-corrected chi connectivity index (χ3v) is 4.57. The fraction of sp³-hybridized carbons (Fsp3) is 0.389. The molecule has 0 spiro atoms. The summed E-state index contributed by atoms with van der Waals surface area (Å²) >= 11 is 0. The molecule has 2 aromatic rings. The second kappa shape index (κ2) is 7.06. The van der Waals surface area contributed by atoms with Crippen LogP contribution in [0.5, 0.6) is 5.75 Å². The number of carbonyl (C=O) groups excluding carboxylic acids is 1. The van der Waals surface area contributed by atoms with Crippen molar-refractivity contribution < 1.29 is 14.4 Å². The van der Waals surface area contributed by atoms with Gasteiger partial charge in [-0.25, -0.2) is 0 Å². The number of aromatic nitrogens is 2. The average molecular weight is 343 g/mol. The number of nitrogens with one attached hydrogen (secondary N) is 1. The SMILES string of the molecule is COc1cc(=O)n(-c2ccccc2C)nc1C(=O)N1CC[NH+](C)CC1. The summed E-state index contributed by atoms with van der Waals surface area (Å²) in [6.45, 7) is 5.02. The summed E-state index contributed by atoms with van der Waals surface area (Å²) in [5, 5.41) is 4.35. The van der Waals surface area contributed by atoms with Crippen LogP contribution >= 0.6 is 0 Å². The van der Waals surface area contributed by atoms with E-state index in [4.69, 9.17) is 4.74 Å². The van der Waals surface area contributed by atoms with Crippen molar-refractivity contribution in [1.29, 1.82) is 0 Å². The first-order valence-corrected chi connectivity index (χ1v) is 8.36. The summed E-state index contributed by atoms with van der Waals surface area (Å²) in [7, 11) is 3.55. The number of ether oxygens (including phenoxy) is 1. The molecule has 1 amide bonds. The first kappa shape index (κ1) is 17.2. The molecule has 0 radical (unpaired) electrons. The third kappa shape index (κ3) is 3.41. The van der Waals surface area contributed by atoms with Gasteiger partial charge in [-0.05, 0) is 18.6 Å². The van der Waals surface area contributed by atoms with Gasteiger partial charge in [-0.15, -0.1) is 0 Å². The Morgan fingerprint density at radius 1 is 1.24 bits per heavy atom. The van der Waals surface area contributed by atoms with Gasteiger partial charge in [0, 0.05) is 0 Å². The fourth-order valence-corrected chi connectivity index (χ4v) is 2.96. The Morgan fingerprint density at radius 2 is 1.92 bits per heavy atom. The number of benzene rings is 1. The number of rotatable bonds is 3. The molecule has 1 fully saturated rings. The molecule has 0 bridgehead atoms. The van der Waals surface area contributed by atoms with Crippen LogP contribution in [0.25, 0.3) is 5.69 Å². The molecule has 1 aromatic heterocycles. The zero-order valence-corrected chi connectivity index (χ0v) is 14.8.